The van der Waals surface area contributed by atoms with E-state index in [-0.39, 0.29) is 16.7 Å². The number of aromatic carboxylic acids is 1. The third kappa shape index (κ3) is 2.22. The first-order valence-electron chi connectivity index (χ1n) is 6.57. The molecule has 5 nitrogen and oxygen atoms in total. The minimum absolute atomic E-state index is 0.0219. The van der Waals surface area contributed by atoms with Crippen LogP contribution in [0.1, 0.15) is 16.1 Å². The molecule has 2 N–H and O–H groups in total. The van der Waals surface area contributed by atoms with Crippen molar-refractivity contribution in [2.75, 3.05) is 0 Å². The quantitative estimate of drug-likeness (QED) is 0.758. The fraction of sp³-hybridized carbons (Fsp3) is 0.0588. The molecule has 0 fully saturated rings. The van der Waals surface area contributed by atoms with E-state index in [1.807, 2.05) is 0 Å². The lowest BCUT2D eigenvalue weighted by Crippen LogP contribution is -2.07. The molecule has 0 saturated carbocycles. The Hall–Kier alpha value is -3.08. The first-order chi connectivity index (χ1) is 10.5. The van der Waals surface area contributed by atoms with Gasteiger partial charge in [-0.05, 0) is 36.8 Å². The van der Waals surface area contributed by atoms with Gasteiger partial charge in [0.05, 0.1) is 16.5 Å². The SMILES string of the molecule is Cc1oc2cc(O)ccc2c(=O)c1-c1ccc(C(=O)O)cc1. The molecule has 2 aromatic carbocycles. The van der Waals surface area contributed by atoms with Crippen molar-refractivity contribution in [2.24, 2.45) is 0 Å². The second-order valence-corrected chi connectivity index (χ2v) is 4.93. The van der Waals surface area contributed by atoms with Gasteiger partial charge in [0.25, 0.3) is 0 Å². The molecule has 0 saturated heterocycles. The molecule has 0 radical (unpaired) electrons. The molecule has 1 heterocycles. The van der Waals surface area contributed by atoms with Crippen molar-refractivity contribution in [3.05, 3.63) is 64.0 Å². The molecular formula is C17H12O5. The highest BCUT2D eigenvalue weighted by atomic mass is 16.4. The predicted octanol–water partition coefficient (Wildman–Crippen LogP) is 3.17. The van der Waals surface area contributed by atoms with E-state index in [4.69, 9.17) is 9.52 Å². The van der Waals surface area contributed by atoms with Crippen LogP contribution in [0.4, 0.5) is 0 Å². The lowest BCUT2D eigenvalue weighted by molar-refractivity contribution is 0.0697. The van der Waals surface area contributed by atoms with Gasteiger partial charge in [-0.25, -0.2) is 4.79 Å². The predicted molar refractivity (Wildman–Crippen MR) is 81.3 cm³/mol. The highest BCUT2D eigenvalue weighted by Crippen LogP contribution is 2.26. The van der Waals surface area contributed by atoms with Crippen LogP contribution < -0.4 is 5.43 Å². The fourth-order valence-electron chi connectivity index (χ4n) is 2.41. The van der Waals surface area contributed by atoms with Crippen LogP contribution in [-0.2, 0) is 0 Å². The second-order valence-electron chi connectivity index (χ2n) is 4.93. The average Bonchev–Trinajstić information content (AvgIpc) is 2.47. The summed E-state index contributed by atoms with van der Waals surface area (Å²) in [7, 11) is 0. The first-order valence-corrected chi connectivity index (χ1v) is 6.57. The minimum atomic E-state index is -1.02. The Balaban J connectivity index is 2.24. The van der Waals surface area contributed by atoms with Crippen molar-refractivity contribution in [1.29, 1.82) is 0 Å². The van der Waals surface area contributed by atoms with Crippen molar-refractivity contribution >= 4 is 16.9 Å². The first kappa shape index (κ1) is 13.9. The number of rotatable bonds is 2. The maximum Gasteiger partial charge on any atom is 0.335 e. The highest BCUT2D eigenvalue weighted by molar-refractivity contribution is 5.89. The maximum atomic E-state index is 12.6. The summed E-state index contributed by atoms with van der Waals surface area (Å²) < 4.78 is 5.61. The van der Waals surface area contributed by atoms with Gasteiger partial charge in [-0.15, -0.1) is 0 Å². The van der Waals surface area contributed by atoms with Crippen molar-refractivity contribution in [1.82, 2.24) is 0 Å². The molecule has 0 aliphatic heterocycles. The Morgan fingerprint density at radius 1 is 1.09 bits per heavy atom. The van der Waals surface area contributed by atoms with Crippen molar-refractivity contribution in [3.8, 4) is 16.9 Å². The van der Waals surface area contributed by atoms with E-state index in [0.717, 1.165) is 0 Å². The highest BCUT2D eigenvalue weighted by Gasteiger charge is 2.14. The van der Waals surface area contributed by atoms with Gasteiger partial charge >= 0.3 is 5.97 Å². The normalized spacial score (nSPS) is 10.8. The molecule has 0 bridgehead atoms. The summed E-state index contributed by atoms with van der Waals surface area (Å²) in [5.74, 6) is -0.593. The average molecular weight is 296 g/mol. The van der Waals surface area contributed by atoms with Gasteiger partial charge in [0.15, 0.2) is 0 Å². The van der Waals surface area contributed by atoms with Crippen LogP contribution in [-0.4, -0.2) is 16.2 Å². The van der Waals surface area contributed by atoms with Crippen LogP contribution >= 0.6 is 0 Å². The zero-order chi connectivity index (χ0) is 15.9. The van der Waals surface area contributed by atoms with E-state index >= 15 is 0 Å². The number of fused-ring (bicyclic) bond motifs is 1. The molecule has 0 atom stereocenters. The Bertz CT molecular complexity index is 936. The molecule has 1 aromatic heterocycles. The monoisotopic (exact) mass is 296 g/mol. The summed E-state index contributed by atoms with van der Waals surface area (Å²) in [5, 5.41) is 18.7. The molecule has 0 amide bonds. The number of aromatic hydroxyl groups is 1. The smallest absolute Gasteiger partial charge is 0.335 e. The Labute approximate surface area is 125 Å². The second kappa shape index (κ2) is 5.04. The van der Waals surface area contributed by atoms with Gasteiger partial charge in [0, 0.05) is 6.07 Å². The van der Waals surface area contributed by atoms with E-state index in [1.165, 1.54) is 30.3 Å². The van der Waals surface area contributed by atoms with Crippen molar-refractivity contribution < 1.29 is 19.4 Å². The van der Waals surface area contributed by atoms with Crippen molar-refractivity contribution in [3.63, 3.8) is 0 Å². The van der Waals surface area contributed by atoms with Gasteiger partial charge in [-0.2, -0.15) is 0 Å². The van der Waals surface area contributed by atoms with Gasteiger partial charge < -0.3 is 14.6 Å². The van der Waals surface area contributed by atoms with E-state index in [1.54, 1.807) is 19.1 Å². The minimum Gasteiger partial charge on any atom is -0.508 e. The van der Waals surface area contributed by atoms with Gasteiger partial charge in [0.2, 0.25) is 5.43 Å². The number of carbonyl (C=O) groups is 1. The summed E-state index contributed by atoms with van der Waals surface area (Å²) in [4.78, 5) is 23.5. The number of hydrogen-bond acceptors (Lipinski definition) is 4. The number of phenols is 1. The summed E-state index contributed by atoms with van der Waals surface area (Å²) in [6, 6.07) is 10.4. The standard InChI is InChI=1S/C17H12O5/c1-9-15(10-2-4-11(5-3-10)17(20)21)16(19)13-7-6-12(18)8-14(13)22-9/h2-8,18H,1H3,(H,20,21). The van der Waals surface area contributed by atoms with Crippen LogP contribution in [0.2, 0.25) is 0 Å². The van der Waals surface area contributed by atoms with Crippen LogP contribution in [0.25, 0.3) is 22.1 Å². The zero-order valence-electron chi connectivity index (χ0n) is 11.7. The van der Waals surface area contributed by atoms with Gasteiger partial charge in [-0.3, -0.25) is 4.79 Å². The maximum absolute atomic E-state index is 12.6. The molecular weight excluding hydrogens is 284 g/mol. The van der Waals surface area contributed by atoms with E-state index in [0.29, 0.717) is 27.9 Å². The summed E-state index contributed by atoms with van der Waals surface area (Å²) in [6.07, 6.45) is 0. The number of phenolic OH excluding ortho intramolecular Hbond substituents is 1. The molecule has 0 unspecified atom stereocenters. The molecule has 3 aromatic rings. The van der Waals surface area contributed by atoms with E-state index in [9.17, 15) is 14.7 Å². The number of aryl methyl sites for hydroxylation is 1. The Morgan fingerprint density at radius 2 is 1.77 bits per heavy atom. The largest absolute Gasteiger partial charge is 0.508 e. The zero-order valence-corrected chi connectivity index (χ0v) is 11.7. The molecule has 0 aliphatic carbocycles. The summed E-state index contributed by atoms with van der Waals surface area (Å²) in [5.41, 5.74) is 1.22. The molecule has 3 rings (SSSR count). The van der Waals surface area contributed by atoms with E-state index < -0.39 is 5.97 Å². The summed E-state index contributed by atoms with van der Waals surface area (Å²) >= 11 is 0. The Kier molecular flexibility index (Phi) is 3.18. The van der Waals surface area contributed by atoms with Crippen LogP contribution in [0.3, 0.4) is 0 Å². The van der Waals surface area contributed by atoms with Gasteiger partial charge in [0.1, 0.15) is 17.1 Å². The number of benzene rings is 2. The molecule has 0 spiro atoms. The molecule has 0 aliphatic rings. The van der Waals surface area contributed by atoms with Gasteiger partial charge in [-0.1, -0.05) is 12.1 Å². The molecule has 22 heavy (non-hydrogen) atoms. The molecule has 5 heteroatoms. The third-order valence-electron chi connectivity index (χ3n) is 3.47. The van der Waals surface area contributed by atoms with Crippen molar-refractivity contribution in [2.45, 2.75) is 6.92 Å². The van der Waals surface area contributed by atoms with E-state index in [2.05, 4.69) is 0 Å². The van der Waals surface area contributed by atoms with Crippen LogP contribution in [0.15, 0.2) is 51.7 Å². The Morgan fingerprint density at radius 3 is 2.41 bits per heavy atom. The summed E-state index contributed by atoms with van der Waals surface area (Å²) in [6.45, 7) is 1.66. The molecule has 110 valence electrons. The van der Waals surface area contributed by atoms with Crippen LogP contribution in [0, 0.1) is 6.92 Å². The fourth-order valence-corrected chi connectivity index (χ4v) is 2.41. The van der Waals surface area contributed by atoms with Crippen LogP contribution in [0.5, 0.6) is 5.75 Å². The number of carboxylic acids is 1. The number of hydrogen-bond donors (Lipinski definition) is 2. The lowest BCUT2D eigenvalue weighted by atomic mass is 10.0. The third-order valence-corrected chi connectivity index (χ3v) is 3.47. The topological polar surface area (TPSA) is 87.7 Å². The lowest BCUT2D eigenvalue weighted by Gasteiger charge is -2.07. The number of carboxylic acid groups (broad SMARTS) is 1.